The van der Waals surface area contributed by atoms with Crippen LogP contribution in [0, 0.1) is 15.9 Å². The Bertz CT molecular complexity index is 495. The van der Waals surface area contributed by atoms with Crippen molar-refractivity contribution in [3.63, 3.8) is 0 Å². The first kappa shape index (κ1) is 14.9. The van der Waals surface area contributed by atoms with Crippen molar-refractivity contribution in [3.8, 4) is 0 Å². The summed E-state index contributed by atoms with van der Waals surface area (Å²) in [5.74, 6) is -0.705. The second kappa shape index (κ2) is 6.28. The molecule has 1 aliphatic rings. The number of piperazine rings is 1. The maximum absolute atomic E-state index is 14.0. The zero-order valence-corrected chi connectivity index (χ0v) is 11.9. The number of rotatable bonds is 4. The number of hydrogen-bond acceptors (Lipinski definition) is 4. The molecule has 0 spiro atoms. The Morgan fingerprint density at radius 1 is 1.45 bits per heavy atom. The van der Waals surface area contributed by atoms with Gasteiger partial charge in [0, 0.05) is 43.9 Å². The minimum atomic E-state index is -0.705. The molecule has 0 saturated carbocycles. The SMILES string of the molecule is CCN1CCN(Cc2cccc([N+](=O)[O-])c2F)CC1C. The van der Waals surface area contributed by atoms with E-state index in [-0.39, 0.29) is 0 Å². The molecule has 0 radical (unpaired) electrons. The van der Waals surface area contributed by atoms with E-state index in [0.29, 0.717) is 18.2 Å². The van der Waals surface area contributed by atoms with Crippen LogP contribution in [0.25, 0.3) is 0 Å². The molecule has 1 aromatic carbocycles. The summed E-state index contributed by atoms with van der Waals surface area (Å²) in [5, 5.41) is 10.7. The van der Waals surface area contributed by atoms with Crippen LogP contribution in [0.2, 0.25) is 0 Å². The molecule has 1 atom stereocenters. The Labute approximate surface area is 118 Å². The smallest absolute Gasteiger partial charge is 0.298 e. The lowest BCUT2D eigenvalue weighted by Crippen LogP contribution is -2.51. The molecular weight excluding hydrogens is 261 g/mol. The highest BCUT2D eigenvalue weighted by Gasteiger charge is 2.24. The summed E-state index contributed by atoms with van der Waals surface area (Å²) in [6.45, 7) is 8.39. The van der Waals surface area contributed by atoms with Crippen LogP contribution in [0.1, 0.15) is 19.4 Å². The third kappa shape index (κ3) is 3.13. The Hall–Kier alpha value is -1.53. The average molecular weight is 281 g/mol. The predicted molar refractivity (Wildman–Crippen MR) is 75.0 cm³/mol. The van der Waals surface area contributed by atoms with Crippen molar-refractivity contribution in [2.45, 2.75) is 26.4 Å². The number of nitro groups is 1. The molecule has 20 heavy (non-hydrogen) atoms. The second-order valence-corrected chi connectivity index (χ2v) is 5.22. The monoisotopic (exact) mass is 281 g/mol. The zero-order chi connectivity index (χ0) is 14.7. The maximum atomic E-state index is 14.0. The summed E-state index contributed by atoms with van der Waals surface area (Å²) in [5.41, 5.74) is -0.0425. The molecule has 1 heterocycles. The van der Waals surface area contributed by atoms with E-state index in [2.05, 4.69) is 23.6 Å². The lowest BCUT2D eigenvalue weighted by molar-refractivity contribution is -0.387. The maximum Gasteiger partial charge on any atom is 0.305 e. The third-order valence-corrected chi connectivity index (χ3v) is 3.90. The van der Waals surface area contributed by atoms with Crippen LogP contribution in [0.15, 0.2) is 18.2 Å². The number of likely N-dealkylation sites (N-methyl/N-ethyl adjacent to an activating group) is 1. The van der Waals surface area contributed by atoms with Crippen molar-refractivity contribution in [2.24, 2.45) is 0 Å². The van der Waals surface area contributed by atoms with Gasteiger partial charge in [0.2, 0.25) is 5.82 Å². The summed E-state index contributed by atoms with van der Waals surface area (Å²) >= 11 is 0. The van der Waals surface area contributed by atoms with Gasteiger partial charge in [0.15, 0.2) is 0 Å². The first-order valence-corrected chi connectivity index (χ1v) is 6.91. The minimum Gasteiger partial charge on any atom is -0.298 e. The lowest BCUT2D eigenvalue weighted by atomic mass is 10.1. The van der Waals surface area contributed by atoms with Crippen molar-refractivity contribution in [1.29, 1.82) is 0 Å². The molecule has 1 unspecified atom stereocenters. The highest BCUT2D eigenvalue weighted by Crippen LogP contribution is 2.22. The highest BCUT2D eigenvalue weighted by atomic mass is 19.1. The number of benzene rings is 1. The van der Waals surface area contributed by atoms with Crippen LogP contribution in [0.4, 0.5) is 10.1 Å². The molecule has 110 valence electrons. The van der Waals surface area contributed by atoms with E-state index >= 15 is 0 Å². The largest absolute Gasteiger partial charge is 0.305 e. The molecule has 1 aromatic rings. The van der Waals surface area contributed by atoms with Gasteiger partial charge in [-0.25, -0.2) is 0 Å². The van der Waals surface area contributed by atoms with Gasteiger partial charge in [-0.3, -0.25) is 19.9 Å². The average Bonchev–Trinajstić information content (AvgIpc) is 2.41. The van der Waals surface area contributed by atoms with Gasteiger partial charge in [-0.2, -0.15) is 4.39 Å². The van der Waals surface area contributed by atoms with E-state index in [0.717, 1.165) is 26.2 Å². The first-order chi connectivity index (χ1) is 9.52. The molecular formula is C14H20FN3O2. The second-order valence-electron chi connectivity index (χ2n) is 5.22. The van der Waals surface area contributed by atoms with Gasteiger partial charge in [0.1, 0.15) is 0 Å². The summed E-state index contributed by atoms with van der Waals surface area (Å²) in [4.78, 5) is 14.6. The summed E-state index contributed by atoms with van der Waals surface area (Å²) in [7, 11) is 0. The van der Waals surface area contributed by atoms with Gasteiger partial charge in [0.05, 0.1) is 4.92 Å². The molecule has 0 N–H and O–H groups in total. The van der Waals surface area contributed by atoms with E-state index in [4.69, 9.17) is 0 Å². The zero-order valence-electron chi connectivity index (χ0n) is 11.9. The molecule has 0 amide bonds. The van der Waals surface area contributed by atoms with E-state index in [1.54, 1.807) is 12.1 Å². The topological polar surface area (TPSA) is 49.6 Å². The van der Waals surface area contributed by atoms with Crippen LogP contribution < -0.4 is 0 Å². The third-order valence-electron chi connectivity index (χ3n) is 3.90. The molecule has 6 heteroatoms. The molecule has 1 fully saturated rings. The predicted octanol–water partition coefficient (Wildman–Crippen LogP) is 2.26. The minimum absolute atomic E-state index is 0.399. The number of hydrogen-bond donors (Lipinski definition) is 0. The normalized spacial score (nSPS) is 21.1. The van der Waals surface area contributed by atoms with E-state index in [1.807, 2.05) is 0 Å². The summed E-state index contributed by atoms with van der Waals surface area (Å²) in [6, 6.07) is 4.80. The molecule has 1 aliphatic heterocycles. The van der Waals surface area contributed by atoms with Crippen molar-refractivity contribution >= 4 is 5.69 Å². The van der Waals surface area contributed by atoms with Crippen LogP contribution in [-0.2, 0) is 6.54 Å². The van der Waals surface area contributed by atoms with E-state index in [9.17, 15) is 14.5 Å². The standard InChI is InChI=1S/C14H20FN3O2/c1-3-17-8-7-16(9-11(17)2)10-12-5-4-6-13(14(12)15)18(19)20/h4-6,11H,3,7-10H2,1-2H3. The van der Waals surface area contributed by atoms with E-state index < -0.39 is 16.4 Å². The quantitative estimate of drug-likeness (QED) is 0.627. The van der Waals surface area contributed by atoms with Gasteiger partial charge < -0.3 is 0 Å². The summed E-state index contributed by atoms with van der Waals surface area (Å²) in [6.07, 6.45) is 0. The lowest BCUT2D eigenvalue weighted by Gasteiger charge is -2.39. The molecule has 0 bridgehead atoms. The van der Waals surface area contributed by atoms with Gasteiger partial charge >= 0.3 is 5.69 Å². The van der Waals surface area contributed by atoms with Crippen molar-refractivity contribution in [1.82, 2.24) is 9.80 Å². The highest BCUT2D eigenvalue weighted by molar-refractivity contribution is 5.36. The Morgan fingerprint density at radius 3 is 2.80 bits per heavy atom. The fraction of sp³-hybridized carbons (Fsp3) is 0.571. The molecule has 0 aromatic heterocycles. The van der Waals surface area contributed by atoms with Gasteiger partial charge in [0.25, 0.3) is 0 Å². The molecule has 2 rings (SSSR count). The number of halogens is 1. The Morgan fingerprint density at radius 2 is 2.20 bits per heavy atom. The van der Waals surface area contributed by atoms with Gasteiger partial charge in [-0.1, -0.05) is 19.1 Å². The molecule has 5 nitrogen and oxygen atoms in total. The Kier molecular flexibility index (Phi) is 4.67. The first-order valence-electron chi connectivity index (χ1n) is 6.91. The van der Waals surface area contributed by atoms with E-state index in [1.165, 1.54) is 6.07 Å². The molecule has 0 aliphatic carbocycles. The van der Waals surface area contributed by atoms with Gasteiger partial charge in [-0.15, -0.1) is 0 Å². The van der Waals surface area contributed by atoms with Crippen LogP contribution in [-0.4, -0.2) is 46.9 Å². The number of nitrogens with zero attached hydrogens (tertiary/aromatic N) is 3. The summed E-state index contributed by atoms with van der Waals surface area (Å²) < 4.78 is 14.0. The molecule has 1 saturated heterocycles. The fourth-order valence-electron chi connectivity index (χ4n) is 2.75. The fourth-order valence-corrected chi connectivity index (χ4v) is 2.75. The van der Waals surface area contributed by atoms with Crippen LogP contribution >= 0.6 is 0 Å². The van der Waals surface area contributed by atoms with Crippen molar-refractivity contribution < 1.29 is 9.31 Å². The van der Waals surface area contributed by atoms with Gasteiger partial charge in [-0.05, 0) is 13.5 Å². The van der Waals surface area contributed by atoms with Crippen LogP contribution in [0.5, 0.6) is 0 Å². The van der Waals surface area contributed by atoms with Crippen molar-refractivity contribution in [2.75, 3.05) is 26.2 Å². The van der Waals surface area contributed by atoms with Crippen LogP contribution in [0.3, 0.4) is 0 Å². The van der Waals surface area contributed by atoms with Crippen molar-refractivity contribution in [3.05, 3.63) is 39.7 Å². The Balaban J connectivity index is 2.08. The number of nitro benzene ring substituents is 1.